The van der Waals surface area contributed by atoms with Gasteiger partial charge in [0.2, 0.25) is 0 Å². The topological polar surface area (TPSA) is 24.1 Å². The van der Waals surface area contributed by atoms with Crippen molar-refractivity contribution in [2.45, 2.75) is 52.6 Å². The van der Waals surface area contributed by atoms with Gasteiger partial charge in [0.05, 0.1) is 0 Å². The minimum absolute atomic E-state index is 0.671. The molecule has 0 aromatic heterocycles. The van der Waals surface area contributed by atoms with Gasteiger partial charge in [-0.15, -0.1) is 0 Å². The molecule has 1 aliphatic rings. The molecular weight excluding hydrogens is 220 g/mol. The number of benzene rings is 1. The van der Waals surface area contributed by atoms with Crippen molar-refractivity contribution in [2.24, 2.45) is 0 Å². The monoisotopic (exact) mass is 246 g/mol. The quantitative estimate of drug-likeness (QED) is 0.853. The molecule has 1 fully saturated rings. The highest BCUT2D eigenvalue weighted by Crippen LogP contribution is 2.16. The Labute approximate surface area is 111 Å². The Morgan fingerprint density at radius 1 is 1.17 bits per heavy atom. The van der Waals surface area contributed by atoms with Gasteiger partial charge >= 0.3 is 0 Å². The Bertz CT molecular complexity index is 369. The lowest BCUT2D eigenvalue weighted by Crippen LogP contribution is -2.41. The molecular formula is C16H26N2. The van der Waals surface area contributed by atoms with Crippen LogP contribution < -0.4 is 10.6 Å². The number of hydrogen-bond acceptors (Lipinski definition) is 2. The van der Waals surface area contributed by atoms with Gasteiger partial charge < -0.3 is 10.6 Å². The van der Waals surface area contributed by atoms with E-state index in [1.54, 1.807) is 0 Å². The van der Waals surface area contributed by atoms with Crippen molar-refractivity contribution < 1.29 is 0 Å². The second-order valence-corrected chi connectivity index (χ2v) is 5.66. The first kappa shape index (κ1) is 13.6. The fraction of sp³-hybridized carbons (Fsp3) is 0.625. The first-order valence-electron chi connectivity index (χ1n) is 7.17. The first-order valence-corrected chi connectivity index (χ1v) is 7.17. The molecule has 0 bridgehead atoms. The van der Waals surface area contributed by atoms with E-state index in [0.717, 1.165) is 13.1 Å². The number of hydrogen-bond donors (Lipinski definition) is 2. The van der Waals surface area contributed by atoms with Crippen LogP contribution >= 0.6 is 0 Å². The second kappa shape index (κ2) is 6.35. The van der Waals surface area contributed by atoms with Crippen LogP contribution in [0.15, 0.2) is 12.1 Å². The van der Waals surface area contributed by atoms with Crippen LogP contribution in [0.5, 0.6) is 0 Å². The number of rotatable bonds is 4. The molecule has 100 valence electrons. The molecule has 1 aromatic rings. The van der Waals surface area contributed by atoms with Crippen molar-refractivity contribution in [3.63, 3.8) is 0 Å². The SMILES string of the molecule is Cc1cc(C)c(CNCC2CCCCN2)c(C)c1. The second-order valence-electron chi connectivity index (χ2n) is 5.66. The molecule has 2 rings (SSSR count). The fourth-order valence-corrected chi connectivity index (χ4v) is 2.96. The molecule has 0 saturated carbocycles. The van der Waals surface area contributed by atoms with E-state index < -0.39 is 0 Å². The third-order valence-electron chi connectivity index (χ3n) is 3.95. The van der Waals surface area contributed by atoms with E-state index in [4.69, 9.17) is 0 Å². The molecule has 1 unspecified atom stereocenters. The minimum atomic E-state index is 0.671. The molecule has 2 heteroatoms. The first-order chi connectivity index (χ1) is 8.66. The summed E-state index contributed by atoms with van der Waals surface area (Å²) < 4.78 is 0. The Hall–Kier alpha value is -0.860. The average Bonchev–Trinajstić information content (AvgIpc) is 2.34. The summed E-state index contributed by atoms with van der Waals surface area (Å²) >= 11 is 0. The molecule has 1 atom stereocenters. The third kappa shape index (κ3) is 3.56. The highest BCUT2D eigenvalue weighted by Gasteiger charge is 2.12. The highest BCUT2D eigenvalue weighted by atomic mass is 15.0. The van der Waals surface area contributed by atoms with Gasteiger partial charge in [0.15, 0.2) is 0 Å². The van der Waals surface area contributed by atoms with E-state index in [-0.39, 0.29) is 0 Å². The van der Waals surface area contributed by atoms with E-state index in [9.17, 15) is 0 Å². The van der Waals surface area contributed by atoms with Gasteiger partial charge in [0.1, 0.15) is 0 Å². The van der Waals surface area contributed by atoms with Gasteiger partial charge in [-0.05, 0) is 56.8 Å². The minimum Gasteiger partial charge on any atom is -0.313 e. The molecule has 2 nitrogen and oxygen atoms in total. The summed E-state index contributed by atoms with van der Waals surface area (Å²) in [6.45, 7) is 9.88. The molecule has 0 aliphatic carbocycles. The molecule has 1 heterocycles. The highest BCUT2D eigenvalue weighted by molar-refractivity contribution is 5.37. The molecule has 0 spiro atoms. The zero-order chi connectivity index (χ0) is 13.0. The summed E-state index contributed by atoms with van der Waals surface area (Å²) in [6, 6.07) is 5.23. The van der Waals surface area contributed by atoms with Crippen LogP contribution in [0.3, 0.4) is 0 Å². The molecule has 1 saturated heterocycles. The summed E-state index contributed by atoms with van der Waals surface area (Å²) in [7, 11) is 0. The summed E-state index contributed by atoms with van der Waals surface area (Å²) in [6.07, 6.45) is 4.04. The summed E-state index contributed by atoms with van der Waals surface area (Å²) in [4.78, 5) is 0. The summed E-state index contributed by atoms with van der Waals surface area (Å²) in [5.41, 5.74) is 5.66. The van der Waals surface area contributed by atoms with Crippen molar-refractivity contribution in [2.75, 3.05) is 13.1 Å². The van der Waals surface area contributed by atoms with Crippen molar-refractivity contribution in [3.8, 4) is 0 Å². The predicted octanol–water partition coefficient (Wildman–Crippen LogP) is 2.84. The Morgan fingerprint density at radius 2 is 1.89 bits per heavy atom. The van der Waals surface area contributed by atoms with Crippen molar-refractivity contribution in [3.05, 3.63) is 34.4 Å². The van der Waals surface area contributed by atoms with E-state index in [1.165, 1.54) is 48.1 Å². The van der Waals surface area contributed by atoms with E-state index >= 15 is 0 Å². The van der Waals surface area contributed by atoms with Gasteiger partial charge in [-0.25, -0.2) is 0 Å². The fourth-order valence-electron chi connectivity index (χ4n) is 2.96. The van der Waals surface area contributed by atoms with E-state index in [0.29, 0.717) is 6.04 Å². The smallest absolute Gasteiger partial charge is 0.0211 e. The van der Waals surface area contributed by atoms with Gasteiger partial charge in [0.25, 0.3) is 0 Å². The Kier molecular flexibility index (Phi) is 4.79. The lowest BCUT2D eigenvalue weighted by atomic mass is 9.99. The molecule has 2 N–H and O–H groups in total. The Morgan fingerprint density at radius 3 is 2.50 bits per heavy atom. The maximum absolute atomic E-state index is 3.61. The maximum Gasteiger partial charge on any atom is 0.0211 e. The zero-order valence-corrected chi connectivity index (χ0v) is 12.0. The average molecular weight is 246 g/mol. The molecule has 1 aromatic carbocycles. The van der Waals surface area contributed by atoms with Crippen molar-refractivity contribution in [1.29, 1.82) is 0 Å². The van der Waals surface area contributed by atoms with E-state index in [2.05, 4.69) is 43.5 Å². The number of piperidine rings is 1. The normalized spacial score (nSPS) is 20.1. The number of nitrogens with one attached hydrogen (secondary N) is 2. The molecule has 0 radical (unpaired) electrons. The molecule has 18 heavy (non-hydrogen) atoms. The maximum atomic E-state index is 3.61. The van der Waals surface area contributed by atoms with Crippen LogP contribution in [-0.2, 0) is 6.54 Å². The van der Waals surface area contributed by atoms with Crippen LogP contribution in [0.1, 0.15) is 41.5 Å². The molecule has 1 aliphatic heterocycles. The van der Waals surface area contributed by atoms with Crippen molar-refractivity contribution in [1.82, 2.24) is 10.6 Å². The lowest BCUT2D eigenvalue weighted by Gasteiger charge is -2.24. The van der Waals surface area contributed by atoms with Gasteiger partial charge in [-0.2, -0.15) is 0 Å². The van der Waals surface area contributed by atoms with Gasteiger partial charge in [-0.3, -0.25) is 0 Å². The van der Waals surface area contributed by atoms with Crippen LogP contribution in [0.25, 0.3) is 0 Å². The third-order valence-corrected chi connectivity index (χ3v) is 3.95. The summed E-state index contributed by atoms with van der Waals surface area (Å²) in [5, 5.41) is 7.19. The Balaban J connectivity index is 1.86. The lowest BCUT2D eigenvalue weighted by molar-refractivity contribution is 0.383. The van der Waals surface area contributed by atoms with Crippen LogP contribution in [0, 0.1) is 20.8 Å². The van der Waals surface area contributed by atoms with Crippen LogP contribution in [0.4, 0.5) is 0 Å². The standard InChI is InChI=1S/C16H26N2/c1-12-8-13(2)16(14(3)9-12)11-17-10-15-6-4-5-7-18-15/h8-9,15,17-18H,4-7,10-11H2,1-3H3. The zero-order valence-electron chi connectivity index (χ0n) is 12.0. The number of aryl methyl sites for hydroxylation is 3. The predicted molar refractivity (Wildman–Crippen MR) is 78.0 cm³/mol. The van der Waals surface area contributed by atoms with Crippen LogP contribution in [-0.4, -0.2) is 19.1 Å². The van der Waals surface area contributed by atoms with Gasteiger partial charge in [0, 0.05) is 19.1 Å². The largest absolute Gasteiger partial charge is 0.313 e. The van der Waals surface area contributed by atoms with Crippen LogP contribution in [0.2, 0.25) is 0 Å². The van der Waals surface area contributed by atoms with E-state index in [1.807, 2.05) is 0 Å². The van der Waals surface area contributed by atoms with Gasteiger partial charge in [-0.1, -0.05) is 24.1 Å². The van der Waals surface area contributed by atoms with Crippen molar-refractivity contribution >= 4 is 0 Å². The molecule has 0 amide bonds. The summed E-state index contributed by atoms with van der Waals surface area (Å²) in [5.74, 6) is 0.